The molecule has 0 unspecified atom stereocenters. The lowest BCUT2D eigenvalue weighted by atomic mass is 10.0. The van der Waals surface area contributed by atoms with Gasteiger partial charge in [0.25, 0.3) is 5.91 Å². The van der Waals surface area contributed by atoms with Crippen LogP contribution in [0.4, 0.5) is 0 Å². The number of carbonyl (C=O) groups excluding carboxylic acids is 1. The molecule has 3 atom stereocenters. The fourth-order valence-electron chi connectivity index (χ4n) is 3.17. The summed E-state index contributed by atoms with van der Waals surface area (Å²) in [4.78, 5) is 25.8. The number of hydrogen-bond donors (Lipinski definition) is 2. The molecule has 0 radical (unpaired) electrons. The number of benzene rings is 1. The van der Waals surface area contributed by atoms with Crippen LogP contribution in [0.3, 0.4) is 0 Å². The van der Waals surface area contributed by atoms with Crippen LogP contribution in [0.1, 0.15) is 43.6 Å². The van der Waals surface area contributed by atoms with Crippen molar-refractivity contribution in [1.29, 1.82) is 0 Å². The van der Waals surface area contributed by atoms with Crippen molar-refractivity contribution in [1.82, 2.24) is 10.2 Å². The Bertz CT molecular complexity index is 590. The molecule has 1 amide bonds. The van der Waals surface area contributed by atoms with Crippen LogP contribution in [0, 0.1) is 5.92 Å². The Balaban J connectivity index is 1.97. The fourth-order valence-corrected chi connectivity index (χ4v) is 3.17. The zero-order valence-corrected chi connectivity index (χ0v) is 15.4. The molecule has 2 N–H and O–H groups in total. The lowest BCUT2D eigenvalue weighted by Crippen LogP contribution is -2.45. The molecule has 1 aromatic carbocycles. The van der Waals surface area contributed by atoms with E-state index in [0.717, 1.165) is 25.2 Å². The van der Waals surface area contributed by atoms with Crippen LogP contribution in [0.15, 0.2) is 24.3 Å². The topological polar surface area (TPSA) is 78.9 Å². The number of rotatable bonds is 6. The maximum atomic E-state index is 12.2. The second-order valence-corrected chi connectivity index (χ2v) is 7.18. The second-order valence-electron chi connectivity index (χ2n) is 7.18. The molecular weight excluding hydrogens is 320 g/mol. The summed E-state index contributed by atoms with van der Waals surface area (Å²) in [7, 11) is 0. The normalized spacial score (nSPS) is 22.6. The Hall–Kier alpha value is -1.92. The Morgan fingerprint density at radius 2 is 1.76 bits per heavy atom. The Morgan fingerprint density at radius 1 is 1.20 bits per heavy atom. The van der Waals surface area contributed by atoms with E-state index in [1.807, 2.05) is 12.1 Å². The molecule has 138 valence electrons. The smallest absolute Gasteiger partial charge is 0.326 e. The van der Waals surface area contributed by atoms with Gasteiger partial charge in [0.1, 0.15) is 6.04 Å². The van der Waals surface area contributed by atoms with Crippen LogP contribution in [0.2, 0.25) is 0 Å². The average Bonchev–Trinajstić information content (AvgIpc) is 2.51. The molecule has 6 nitrogen and oxygen atoms in total. The molecule has 0 spiro atoms. The highest BCUT2D eigenvalue weighted by atomic mass is 16.5. The summed E-state index contributed by atoms with van der Waals surface area (Å²) in [5.74, 6) is -1.55. The molecule has 1 aromatic rings. The minimum absolute atomic E-state index is 0.175. The lowest BCUT2D eigenvalue weighted by Gasteiger charge is -2.35. The van der Waals surface area contributed by atoms with Crippen molar-refractivity contribution in [3.05, 3.63) is 35.4 Å². The van der Waals surface area contributed by atoms with Gasteiger partial charge >= 0.3 is 5.97 Å². The van der Waals surface area contributed by atoms with Gasteiger partial charge in [-0.15, -0.1) is 0 Å². The van der Waals surface area contributed by atoms with Crippen molar-refractivity contribution in [2.75, 3.05) is 13.1 Å². The van der Waals surface area contributed by atoms with Crippen molar-refractivity contribution in [3.8, 4) is 0 Å². The number of aliphatic carboxylic acids is 1. The number of carbonyl (C=O) groups is 2. The molecule has 6 heteroatoms. The molecule has 0 aliphatic carbocycles. The van der Waals surface area contributed by atoms with Gasteiger partial charge in [-0.3, -0.25) is 9.69 Å². The fraction of sp³-hybridized carbons (Fsp3) is 0.579. The summed E-state index contributed by atoms with van der Waals surface area (Å²) in [6, 6.07) is 6.45. The maximum absolute atomic E-state index is 12.2. The SMILES string of the molecule is CC(C)[C@H](NC(=O)c1ccc(CN2C[C@@H](C)O[C@@H](C)C2)cc1)C(=O)O. The summed E-state index contributed by atoms with van der Waals surface area (Å²) < 4.78 is 5.74. The van der Waals surface area contributed by atoms with Gasteiger partial charge in [0.15, 0.2) is 0 Å². The Morgan fingerprint density at radius 3 is 2.24 bits per heavy atom. The monoisotopic (exact) mass is 348 g/mol. The first kappa shape index (κ1) is 19.4. The third kappa shape index (κ3) is 5.54. The summed E-state index contributed by atoms with van der Waals surface area (Å²) in [6.07, 6.45) is 0.440. The standard InChI is InChI=1S/C19H28N2O4/c1-12(2)17(19(23)24)20-18(22)16-7-5-15(6-8-16)11-21-9-13(3)25-14(4)10-21/h5-8,12-14,17H,9-11H2,1-4H3,(H,20,22)(H,23,24)/t13-,14+,17-/m0/s1. The number of amides is 1. The van der Waals surface area contributed by atoms with Gasteiger partial charge in [-0.25, -0.2) is 4.79 Å². The number of carboxylic acids is 1. The first-order valence-corrected chi connectivity index (χ1v) is 8.76. The largest absolute Gasteiger partial charge is 0.480 e. The molecule has 1 fully saturated rings. The third-order valence-electron chi connectivity index (χ3n) is 4.34. The van der Waals surface area contributed by atoms with E-state index in [-0.39, 0.29) is 24.0 Å². The van der Waals surface area contributed by atoms with Gasteiger partial charge in [-0.05, 0) is 37.5 Å². The van der Waals surface area contributed by atoms with Gasteiger partial charge < -0.3 is 15.2 Å². The van der Waals surface area contributed by atoms with E-state index in [1.54, 1.807) is 26.0 Å². The number of hydrogen-bond acceptors (Lipinski definition) is 4. The van der Waals surface area contributed by atoms with E-state index in [0.29, 0.717) is 5.56 Å². The number of carboxylic acid groups (broad SMARTS) is 1. The van der Waals surface area contributed by atoms with Crippen molar-refractivity contribution in [3.63, 3.8) is 0 Å². The average molecular weight is 348 g/mol. The molecule has 0 aromatic heterocycles. The molecule has 1 saturated heterocycles. The quantitative estimate of drug-likeness (QED) is 0.823. The Kier molecular flexibility index (Phi) is 6.56. The molecule has 2 rings (SSSR count). The molecule has 0 saturated carbocycles. The highest BCUT2D eigenvalue weighted by molar-refractivity contribution is 5.96. The van der Waals surface area contributed by atoms with Crippen molar-refractivity contribution < 1.29 is 19.4 Å². The van der Waals surface area contributed by atoms with Gasteiger partial charge in [0, 0.05) is 25.2 Å². The van der Waals surface area contributed by atoms with Gasteiger partial charge in [-0.2, -0.15) is 0 Å². The highest BCUT2D eigenvalue weighted by Crippen LogP contribution is 2.15. The summed E-state index contributed by atoms with van der Waals surface area (Å²) in [5.41, 5.74) is 1.59. The molecular formula is C19H28N2O4. The van der Waals surface area contributed by atoms with Crippen LogP contribution in [-0.2, 0) is 16.1 Å². The van der Waals surface area contributed by atoms with Crippen molar-refractivity contribution in [2.45, 2.75) is 52.5 Å². The predicted molar refractivity (Wildman–Crippen MR) is 95.5 cm³/mol. The van der Waals surface area contributed by atoms with E-state index in [1.165, 1.54) is 0 Å². The lowest BCUT2D eigenvalue weighted by molar-refractivity contribution is -0.140. The van der Waals surface area contributed by atoms with E-state index >= 15 is 0 Å². The van der Waals surface area contributed by atoms with Crippen molar-refractivity contribution >= 4 is 11.9 Å². The maximum Gasteiger partial charge on any atom is 0.326 e. The zero-order chi connectivity index (χ0) is 18.6. The predicted octanol–water partition coefficient (Wildman–Crippen LogP) is 2.13. The summed E-state index contributed by atoms with van der Waals surface area (Å²) >= 11 is 0. The van der Waals surface area contributed by atoms with Crippen LogP contribution in [0.25, 0.3) is 0 Å². The van der Waals surface area contributed by atoms with E-state index in [9.17, 15) is 14.7 Å². The number of nitrogens with zero attached hydrogens (tertiary/aromatic N) is 1. The van der Waals surface area contributed by atoms with Crippen LogP contribution >= 0.6 is 0 Å². The second kappa shape index (κ2) is 8.45. The van der Waals surface area contributed by atoms with Crippen molar-refractivity contribution in [2.24, 2.45) is 5.92 Å². The molecule has 1 aliphatic rings. The van der Waals surface area contributed by atoms with E-state index in [4.69, 9.17) is 4.74 Å². The van der Waals surface area contributed by atoms with Gasteiger partial charge in [0.05, 0.1) is 12.2 Å². The summed E-state index contributed by atoms with van der Waals surface area (Å²) in [6.45, 7) is 10.3. The van der Waals surface area contributed by atoms with Gasteiger partial charge in [0.2, 0.25) is 0 Å². The summed E-state index contributed by atoms with van der Waals surface area (Å²) in [5, 5.41) is 11.8. The first-order chi connectivity index (χ1) is 11.8. The minimum atomic E-state index is -1.02. The minimum Gasteiger partial charge on any atom is -0.480 e. The molecule has 1 heterocycles. The van der Waals surface area contributed by atoms with Gasteiger partial charge in [-0.1, -0.05) is 26.0 Å². The zero-order valence-electron chi connectivity index (χ0n) is 15.4. The Labute approximate surface area is 149 Å². The van der Waals surface area contributed by atoms with Crippen LogP contribution in [0.5, 0.6) is 0 Å². The number of nitrogens with one attached hydrogen (secondary N) is 1. The molecule has 25 heavy (non-hydrogen) atoms. The molecule has 1 aliphatic heterocycles. The van der Waals surface area contributed by atoms with Crippen LogP contribution < -0.4 is 5.32 Å². The first-order valence-electron chi connectivity index (χ1n) is 8.76. The van der Waals surface area contributed by atoms with Crippen LogP contribution in [-0.4, -0.2) is 53.2 Å². The third-order valence-corrected chi connectivity index (χ3v) is 4.34. The highest BCUT2D eigenvalue weighted by Gasteiger charge is 2.24. The number of ether oxygens (including phenoxy) is 1. The molecule has 0 bridgehead atoms. The van der Waals surface area contributed by atoms with E-state index < -0.39 is 12.0 Å². The van der Waals surface area contributed by atoms with E-state index in [2.05, 4.69) is 24.1 Å². The number of morpholine rings is 1.